The van der Waals surface area contributed by atoms with Crippen molar-refractivity contribution in [3.8, 4) is 50.6 Å². The molecule has 0 saturated carbocycles. The lowest BCUT2D eigenvalue weighted by molar-refractivity contribution is 0.959. The van der Waals surface area contributed by atoms with Crippen molar-refractivity contribution in [2.24, 2.45) is 7.05 Å². The van der Waals surface area contributed by atoms with E-state index in [4.69, 9.17) is 9.97 Å². The molecule has 9 rings (SSSR count). The maximum atomic E-state index is 5.16. The third kappa shape index (κ3) is 4.62. The molecule has 47 heavy (non-hydrogen) atoms. The molecule has 4 heteroatoms. The summed E-state index contributed by atoms with van der Waals surface area (Å²) < 4.78 is 4.57. The van der Waals surface area contributed by atoms with Gasteiger partial charge in [-0.15, -0.1) is 0 Å². The molecule has 3 aromatic heterocycles. The van der Waals surface area contributed by atoms with Gasteiger partial charge in [0.05, 0.1) is 27.8 Å². The summed E-state index contributed by atoms with van der Waals surface area (Å²) in [5.74, 6) is 0.945. The maximum Gasteiger partial charge on any atom is 0.140 e. The third-order valence-corrected chi connectivity index (χ3v) is 9.19. The van der Waals surface area contributed by atoms with Gasteiger partial charge in [-0.2, -0.15) is 0 Å². The Morgan fingerprint density at radius 2 is 1.13 bits per heavy atom. The summed E-state index contributed by atoms with van der Waals surface area (Å²) in [6.45, 7) is 0. The van der Waals surface area contributed by atoms with Crippen LogP contribution < -0.4 is 0 Å². The van der Waals surface area contributed by atoms with Crippen molar-refractivity contribution in [2.45, 2.75) is 0 Å². The highest BCUT2D eigenvalue weighted by Gasteiger charge is 2.17. The second kappa shape index (κ2) is 11.0. The summed E-state index contributed by atoms with van der Waals surface area (Å²) in [5, 5.41) is 2.44. The maximum absolute atomic E-state index is 5.16. The smallest absolute Gasteiger partial charge is 0.140 e. The number of hydrogen-bond acceptors (Lipinski definition) is 2. The average molecular weight is 603 g/mol. The molecule has 9 aromatic rings. The van der Waals surface area contributed by atoms with Crippen LogP contribution in [0.2, 0.25) is 0 Å². The van der Waals surface area contributed by atoms with Gasteiger partial charge in [0.1, 0.15) is 5.82 Å². The molecule has 0 atom stereocenters. The minimum atomic E-state index is 0.945. The number of nitrogens with zero attached hydrogens (tertiary/aromatic N) is 4. The normalized spacial score (nSPS) is 11.5. The van der Waals surface area contributed by atoms with Crippen molar-refractivity contribution in [2.75, 3.05) is 0 Å². The van der Waals surface area contributed by atoms with E-state index in [1.165, 1.54) is 33.0 Å². The molecule has 222 valence electrons. The SMILES string of the molecule is Cn1c(-c2ccc3c4ccccc4n(-c4cccc(-c5ccc(-c6ccccc6)cn5)c4)c3c2)nc2cc(-c3ccccc3)ccc21. The van der Waals surface area contributed by atoms with Crippen molar-refractivity contribution in [1.82, 2.24) is 19.1 Å². The molecule has 0 bridgehead atoms. The van der Waals surface area contributed by atoms with E-state index < -0.39 is 0 Å². The van der Waals surface area contributed by atoms with Crippen molar-refractivity contribution in [1.29, 1.82) is 0 Å². The van der Waals surface area contributed by atoms with Crippen LogP contribution in [0.5, 0.6) is 0 Å². The van der Waals surface area contributed by atoms with Gasteiger partial charge in [0.15, 0.2) is 0 Å². The monoisotopic (exact) mass is 602 g/mol. The lowest BCUT2D eigenvalue weighted by Gasteiger charge is -2.11. The van der Waals surface area contributed by atoms with Gasteiger partial charge in [0, 0.05) is 46.4 Å². The molecule has 0 spiro atoms. The van der Waals surface area contributed by atoms with Crippen molar-refractivity contribution < 1.29 is 0 Å². The predicted molar refractivity (Wildman–Crippen MR) is 195 cm³/mol. The Labute approximate surface area is 272 Å². The fraction of sp³-hybridized carbons (Fsp3) is 0.0233. The van der Waals surface area contributed by atoms with Gasteiger partial charge in [-0.25, -0.2) is 4.98 Å². The summed E-state index contributed by atoms with van der Waals surface area (Å²) in [6.07, 6.45) is 1.96. The molecule has 0 fully saturated rings. The lowest BCUT2D eigenvalue weighted by atomic mass is 10.1. The number of rotatable bonds is 5. The Kier molecular flexibility index (Phi) is 6.32. The number of hydrogen-bond donors (Lipinski definition) is 0. The Morgan fingerprint density at radius 3 is 1.91 bits per heavy atom. The fourth-order valence-electron chi connectivity index (χ4n) is 6.83. The Balaban J connectivity index is 1.16. The van der Waals surface area contributed by atoms with Crippen LogP contribution in [0.25, 0.3) is 83.4 Å². The molecule has 4 nitrogen and oxygen atoms in total. The second-order valence-electron chi connectivity index (χ2n) is 12.0. The first-order chi connectivity index (χ1) is 23.2. The largest absolute Gasteiger partial charge is 0.327 e. The molecule has 0 amide bonds. The van der Waals surface area contributed by atoms with Crippen molar-refractivity contribution in [3.63, 3.8) is 0 Å². The van der Waals surface area contributed by atoms with Crippen molar-refractivity contribution in [3.05, 3.63) is 164 Å². The summed E-state index contributed by atoms with van der Waals surface area (Å²) in [7, 11) is 2.10. The number of para-hydroxylation sites is 1. The molecular formula is C43H30N4. The standard InChI is InChI=1S/C43H30N4/c1-46-41-24-21-31(29-11-4-2-5-12-29)26-39(41)45-43(46)33-19-22-37-36-17-8-9-18-40(36)47(42(37)27-33)35-16-10-15-32(25-35)38-23-20-34(28-44-38)30-13-6-3-7-14-30/h2-28H,1H3. The van der Waals surface area contributed by atoms with Gasteiger partial charge in [-0.3, -0.25) is 4.98 Å². The Bertz CT molecular complexity index is 2560. The minimum absolute atomic E-state index is 0.945. The van der Waals surface area contributed by atoms with E-state index >= 15 is 0 Å². The van der Waals surface area contributed by atoms with Gasteiger partial charge in [-0.05, 0) is 59.2 Å². The molecule has 0 unspecified atom stereocenters. The van der Waals surface area contributed by atoms with E-state index in [0.717, 1.165) is 50.4 Å². The second-order valence-corrected chi connectivity index (χ2v) is 12.0. The summed E-state index contributed by atoms with van der Waals surface area (Å²) in [6, 6.07) is 55.7. The van der Waals surface area contributed by atoms with Crippen LogP contribution in [-0.4, -0.2) is 19.1 Å². The highest BCUT2D eigenvalue weighted by molar-refractivity contribution is 6.10. The van der Waals surface area contributed by atoms with E-state index in [1.54, 1.807) is 0 Å². The summed E-state index contributed by atoms with van der Waals surface area (Å²) in [5.41, 5.74) is 13.2. The number of aryl methyl sites for hydroxylation is 1. The Morgan fingerprint density at radius 1 is 0.447 bits per heavy atom. The minimum Gasteiger partial charge on any atom is -0.327 e. The van der Waals surface area contributed by atoms with Crippen LogP contribution in [0, 0.1) is 0 Å². The zero-order chi connectivity index (χ0) is 31.3. The highest BCUT2D eigenvalue weighted by Crippen LogP contribution is 2.36. The van der Waals surface area contributed by atoms with Crippen LogP contribution >= 0.6 is 0 Å². The van der Waals surface area contributed by atoms with Crippen LogP contribution in [0.3, 0.4) is 0 Å². The van der Waals surface area contributed by atoms with Crippen molar-refractivity contribution >= 4 is 32.8 Å². The molecule has 6 aromatic carbocycles. The average Bonchev–Trinajstić information content (AvgIpc) is 3.66. The molecule has 0 aliphatic carbocycles. The van der Waals surface area contributed by atoms with Gasteiger partial charge in [-0.1, -0.05) is 115 Å². The van der Waals surface area contributed by atoms with Gasteiger partial charge in [0.25, 0.3) is 0 Å². The van der Waals surface area contributed by atoms with E-state index in [0.29, 0.717) is 0 Å². The molecule has 0 aliphatic rings. The van der Waals surface area contributed by atoms with Crippen LogP contribution in [0.1, 0.15) is 0 Å². The predicted octanol–water partition coefficient (Wildman–Crippen LogP) is 10.7. The lowest BCUT2D eigenvalue weighted by Crippen LogP contribution is -1.96. The zero-order valence-electron chi connectivity index (χ0n) is 25.9. The number of pyridine rings is 1. The molecule has 0 saturated heterocycles. The van der Waals surface area contributed by atoms with Crippen LogP contribution in [-0.2, 0) is 7.05 Å². The molecule has 0 N–H and O–H groups in total. The third-order valence-electron chi connectivity index (χ3n) is 9.19. The first kappa shape index (κ1) is 27.1. The number of aromatic nitrogens is 4. The first-order valence-electron chi connectivity index (χ1n) is 15.9. The summed E-state index contributed by atoms with van der Waals surface area (Å²) in [4.78, 5) is 10.0. The molecular weight excluding hydrogens is 573 g/mol. The van der Waals surface area contributed by atoms with E-state index in [9.17, 15) is 0 Å². The van der Waals surface area contributed by atoms with E-state index in [1.807, 2.05) is 18.3 Å². The van der Waals surface area contributed by atoms with Gasteiger partial charge >= 0.3 is 0 Å². The van der Waals surface area contributed by atoms with Gasteiger partial charge in [0.2, 0.25) is 0 Å². The number of fused-ring (bicyclic) bond motifs is 4. The fourth-order valence-corrected chi connectivity index (χ4v) is 6.83. The van der Waals surface area contributed by atoms with E-state index in [-0.39, 0.29) is 0 Å². The van der Waals surface area contributed by atoms with Crippen LogP contribution in [0.4, 0.5) is 0 Å². The zero-order valence-corrected chi connectivity index (χ0v) is 25.9. The first-order valence-corrected chi connectivity index (χ1v) is 15.9. The van der Waals surface area contributed by atoms with E-state index in [2.05, 4.69) is 162 Å². The number of imidazole rings is 1. The van der Waals surface area contributed by atoms with Gasteiger partial charge < -0.3 is 9.13 Å². The summed E-state index contributed by atoms with van der Waals surface area (Å²) >= 11 is 0. The Hall–Kier alpha value is -6.26. The quantitative estimate of drug-likeness (QED) is 0.196. The highest BCUT2D eigenvalue weighted by atomic mass is 15.1. The topological polar surface area (TPSA) is 35.6 Å². The molecule has 0 aliphatic heterocycles. The van der Waals surface area contributed by atoms with Crippen LogP contribution in [0.15, 0.2) is 164 Å². The number of benzene rings is 6. The molecule has 0 radical (unpaired) electrons. The molecule has 3 heterocycles.